The van der Waals surface area contributed by atoms with Crippen LogP contribution in [-0.2, 0) is 16.0 Å². The summed E-state index contributed by atoms with van der Waals surface area (Å²) in [5.41, 5.74) is 2.11. The van der Waals surface area contributed by atoms with Crippen LogP contribution in [0.2, 0.25) is 0 Å². The molecule has 1 aliphatic heterocycles. The van der Waals surface area contributed by atoms with Gasteiger partial charge >= 0.3 is 0 Å². The number of piperidine rings is 1. The van der Waals surface area contributed by atoms with Gasteiger partial charge in [-0.25, -0.2) is 14.1 Å². The van der Waals surface area contributed by atoms with Gasteiger partial charge in [-0.05, 0) is 49.4 Å². The number of carbonyl (C=O) groups is 1. The fourth-order valence-corrected chi connectivity index (χ4v) is 4.48. The molecule has 1 saturated heterocycles. The van der Waals surface area contributed by atoms with Gasteiger partial charge in [0, 0.05) is 33.2 Å². The molecule has 1 amide bonds. The van der Waals surface area contributed by atoms with Gasteiger partial charge in [0.15, 0.2) is 5.82 Å². The molecule has 8 heteroatoms. The highest BCUT2D eigenvalue weighted by Crippen LogP contribution is 2.24. The van der Waals surface area contributed by atoms with Crippen molar-refractivity contribution >= 4 is 5.91 Å². The van der Waals surface area contributed by atoms with Gasteiger partial charge in [0.1, 0.15) is 18.2 Å². The summed E-state index contributed by atoms with van der Waals surface area (Å²) in [4.78, 5) is 19.4. The highest BCUT2D eigenvalue weighted by atomic mass is 19.1. The van der Waals surface area contributed by atoms with Crippen LogP contribution in [0.5, 0.6) is 0 Å². The van der Waals surface area contributed by atoms with Gasteiger partial charge in [-0.3, -0.25) is 4.79 Å². The molecule has 2 heterocycles. The first kappa shape index (κ1) is 25.0. The van der Waals surface area contributed by atoms with E-state index in [0.29, 0.717) is 12.5 Å². The Morgan fingerprint density at radius 1 is 1.14 bits per heavy atom. The fraction of sp³-hybridized carbons (Fsp3) is 0.444. The van der Waals surface area contributed by atoms with Crippen LogP contribution < -0.4 is 5.32 Å². The Hall–Kier alpha value is -3.10. The highest BCUT2D eigenvalue weighted by Gasteiger charge is 2.24. The molecular weight excluding hydrogens is 445 g/mol. The van der Waals surface area contributed by atoms with E-state index >= 15 is 0 Å². The molecule has 2 atom stereocenters. The number of rotatable bonds is 10. The van der Waals surface area contributed by atoms with Crippen LogP contribution in [0, 0.1) is 5.82 Å². The van der Waals surface area contributed by atoms with Gasteiger partial charge < -0.3 is 15.0 Å². The van der Waals surface area contributed by atoms with E-state index in [9.17, 15) is 9.18 Å². The molecule has 1 aromatic heterocycles. The van der Waals surface area contributed by atoms with Crippen LogP contribution >= 0.6 is 0 Å². The molecule has 0 aliphatic carbocycles. The number of nitrogens with one attached hydrogen (secondary N) is 1. The smallest absolute Gasteiger partial charge is 0.249 e. The van der Waals surface area contributed by atoms with Crippen LogP contribution in [0.3, 0.4) is 0 Å². The molecule has 0 saturated carbocycles. The average molecular weight is 480 g/mol. The maximum absolute atomic E-state index is 13.1. The second-order valence-corrected chi connectivity index (χ2v) is 9.16. The van der Waals surface area contributed by atoms with Gasteiger partial charge in [0.05, 0.1) is 12.1 Å². The summed E-state index contributed by atoms with van der Waals surface area (Å²) >= 11 is 0. The molecule has 1 N–H and O–H groups in total. The number of benzene rings is 2. The lowest BCUT2D eigenvalue weighted by Crippen LogP contribution is -2.40. The van der Waals surface area contributed by atoms with Crippen LogP contribution in [0.4, 0.5) is 4.39 Å². The van der Waals surface area contributed by atoms with Crippen molar-refractivity contribution in [3.63, 3.8) is 0 Å². The van der Waals surface area contributed by atoms with E-state index in [1.54, 1.807) is 26.2 Å². The molecule has 1 aliphatic rings. The standard InChI is InChI=1S/C27H34FN5O2/c1-20(35-2)27(34)30-25(22-6-4-3-5-7-22)14-17-32-15-12-24(13-16-32)33-19-29-26(31-33)18-21-8-10-23(28)11-9-21/h3-11,19-20,24-25H,12-18H2,1-2H3,(H,30,34)/t20?,25-/m0/s1. The monoisotopic (exact) mass is 479 g/mol. The Labute approximate surface area is 206 Å². The van der Waals surface area contributed by atoms with Crippen molar-refractivity contribution in [1.82, 2.24) is 25.0 Å². The van der Waals surface area contributed by atoms with Crippen molar-refractivity contribution in [1.29, 1.82) is 0 Å². The largest absolute Gasteiger partial charge is 0.372 e. The zero-order chi connectivity index (χ0) is 24.6. The summed E-state index contributed by atoms with van der Waals surface area (Å²) in [6, 6.07) is 16.9. The summed E-state index contributed by atoms with van der Waals surface area (Å²) in [6.45, 7) is 4.61. The number of methoxy groups -OCH3 is 1. The SMILES string of the molecule is COC(C)C(=O)N[C@@H](CCN1CCC(n2cnc(Cc3ccc(F)cc3)n2)CC1)c1ccccc1. The molecule has 4 rings (SSSR count). The maximum Gasteiger partial charge on any atom is 0.249 e. The molecule has 0 bridgehead atoms. The Balaban J connectivity index is 1.28. The predicted octanol–water partition coefficient (Wildman–Crippen LogP) is 3.93. The van der Waals surface area contributed by atoms with Crippen LogP contribution in [-0.4, -0.2) is 58.4 Å². The zero-order valence-corrected chi connectivity index (χ0v) is 20.4. The number of likely N-dealkylation sites (tertiary alicyclic amines) is 1. The topological polar surface area (TPSA) is 72.3 Å². The Bertz CT molecular complexity index is 1060. The van der Waals surface area contributed by atoms with Crippen molar-refractivity contribution in [2.45, 2.75) is 50.8 Å². The van der Waals surface area contributed by atoms with E-state index in [1.165, 1.54) is 12.1 Å². The zero-order valence-electron chi connectivity index (χ0n) is 20.4. The predicted molar refractivity (Wildman–Crippen MR) is 132 cm³/mol. The molecule has 1 unspecified atom stereocenters. The number of aromatic nitrogens is 3. The number of amides is 1. The lowest BCUT2D eigenvalue weighted by atomic mass is 10.0. The van der Waals surface area contributed by atoms with Crippen molar-refractivity contribution in [2.75, 3.05) is 26.7 Å². The number of ether oxygens (including phenoxy) is 1. The molecule has 35 heavy (non-hydrogen) atoms. The Morgan fingerprint density at radius 3 is 2.54 bits per heavy atom. The molecule has 0 spiro atoms. The first-order chi connectivity index (χ1) is 17.0. The summed E-state index contributed by atoms with van der Waals surface area (Å²) in [7, 11) is 1.55. The second-order valence-electron chi connectivity index (χ2n) is 9.16. The second kappa shape index (κ2) is 12.0. The van der Waals surface area contributed by atoms with Gasteiger partial charge in [0.2, 0.25) is 5.91 Å². The molecule has 3 aromatic rings. The third-order valence-electron chi connectivity index (χ3n) is 6.74. The highest BCUT2D eigenvalue weighted by molar-refractivity contribution is 5.80. The minimum Gasteiger partial charge on any atom is -0.372 e. The minimum absolute atomic E-state index is 0.0524. The first-order valence-corrected chi connectivity index (χ1v) is 12.3. The van der Waals surface area contributed by atoms with E-state index in [4.69, 9.17) is 4.74 Å². The van der Waals surface area contributed by atoms with E-state index in [2.05, 4.69) is 32.4 Å². The Kier molecular flexibility index (Phi) is 8.60. The number of hydrogen-bond acceptors (Lipinski definition) is 5. The average Bonchev–Trinajstić information content (AvgIpc) is 3.36. The minimum atomic E-state index is -0.479. The van der Waals surface area contributed by atoms with E-state index in [-0.39, 0.29) is 17.8 Å². The number of halogens is 1. The van der Waals surface area contributed by atoms with Crippen LogP contribution in [0.1, 0.15) is 55.2 Å². The van der Waals surface area contributed by atoms with Crippen molar-refractivity contribution in [3.05, 3.63) is 83.7 Å². The normalized spacial score (nSPS) is 16.7. The number of hydrogen-bond donors (Lipinski definition) is 1. The summed E-state index contributed by atoms with van der Waals surface area (Å²) < 4.78 is 20.3. The van der Waals surface area contributed by atoms with Crippen LogP contribution in [0.15, 0.2) is 60.9 Å². The van der Waals surface area contributed by atoms with Gasteiger partial charge in [0.25, 0.3) is 0 Å². The number of carbonyl (C=O) groups excluding carboxylic acids is 1. The van der Waals surface area contributed by atoms with Gasteiger partial charge in [-0.15, -0.1) is 0 Å². The fourth-order valence-electron chi connectivity index (χ4n) is 4.48. The molecule has 7 nitrogen and oxygen atoms in total. The lowest BCUT2D eigenvalue weighted by molar-refractivity contribution is -0.130. The van der Waals surface area contributed by atoms with Gasteiger partial charge in [-0.1, -0.05) is 42.5 Å². The van der Waals surface area contributed by atoms with Crippen molar-refractivity contribution < 1.29 is 13.9 Å². The van der Waals surface area contributed by atoms with Crippen molar-refractivity contribution in [2.24, 2.45) is 0 Å². The summed E-state index contributed by atoms with van der Waals surface area (Å²) in [5.74, 6) is 0.425. The lowest BCUT2D eigenvalue weighted by Gasteiger charge is -2.33. The number of nitrogens with zero attached hydrogens (tertiary/aromatic N) is 4. The Morgan fingerprint density at radius 2 is 1.86 bits per heavy atom. The molecule has 1 fully saturated rings. The van der Waals surface area contributed by atoms with Crippen LogP contribution in [0.25, 0.3) is 0 Å². The first-order valence-electron chi connectivity index (χ1n) is 12.3. The van der Waals surface area contributed by atoms with E-state index in [0.717, 1.165) is 55.8 Å². The maximum atomic E-state index is 13.1. The third-order valence-corrected chi connectivity index (χ3v) is 6.74. The molecule has 0 radical (unpaired) electrons. The van der Waals surface area contributed by atoms with E-state index in [1.807, 2.05) is 29.2 Å². The molecular formula is C27H34FN5O2. The summed E-state index contributed by atoms with van der Waals surface area (Å²) in [6.07, 6.45) is 4.78. The molecule has 2 aromatic carbocycles. The third kappa shape index (κ3) is 6.96. The summed E-state index contributed by atoms with van der Waals surface area (Å²) in [5, 5.41) is 7.83. The quantitative estimate of drug-likeness (QED) is 0.477. The van der Waals surface area contributed by atoms with Crippen molar-refractivity contribution in [3.8, 4) is 0 Å². The van der Waals surface area contributed by atoms with E-state index < -0.39 is 6.10 Å². The van der Waals surface area contributed by atoms with Gasteiger partial charge in [-0.2, -0.15) is 5.10 Å². The molecule has 186 valence electrons.